The number of aromatic nitrogens is 3. The molecule has 11 heteroatoms. The Balaban J connectivity index is 1.33. The number of nitrogens with zero attached hydrogens (tertiary/aromatic N) is 5. The van der Waals surface area contributed by atoms with Gasteiger partial charge in [0, 0.05) is 51.1 Å². The summed E-state index contributed by atoms with van der Waals surface area (Å²) in [6.45, 7) is 4.24. The predicted molar refractivity (Wildman–Crippen MR) is 139 cm³/mol. The Bertz CT molecular complexity index is 1370. The molecule has 0 spiro atoms. The van der Waals surface area contributed by atoms with Crippen LogP contribution in [-0.2, 0) is 19.6 Å². The number of morpholine rings is 1. The zero-order valence-electron chi connectivity index (χ0n) is 21.0. The van der Waals surface area contributed by atoms with Gasteiger partial charge in [-0.2, -0.15) is 4.31 Å². The molecule has 196 valence electrons. The van der Waals surface area contributed by atoms with E-state index in [2.05, 4.69) is 34.2 Å². The maximum atomic E-state index is 11.9. The number of ether oxygens (including phenoxy) is 2. The molecule has 1 atom stereocenters. The molecule has 4 heterocycles. The highest BCUT2D eigenvalue weighted by Crippen LogP contribution is 2.31. The molecule has 1 amide bonds. The van der Waals surface area contributed by atoms with Crippen molar-refractivity contribution >= 4 is 27.0 Å². The van der Waals surface area contributed by atoms with Gasteiger partial charge >= 0.3 is 0 Å². The molecule has 37 heavy (non-hydrogen) atoms. The molecule has 0 bridgehead atoms. The Morgan fingerprint density at radius 2 is 1.84 bits per heavy atom. The molecule has 0 unspecified atom stereocenters. The fourth-order valence-corrected chi connectivity index (χ4v) is 5.76. The van der Waals surface area contributed by atoms with E-state index in [1.165, 1.54) is 16.1 Å². The number of piperidine rings is 1. The summed E-state index contributed by atoms with van der Waals surface area (Å²) in [6.07, 6.45) is 5.92. The van der Waals surface area contributed by atoms with E-state index < -0.39 is 16.1 Å². The van der Waals surface area contributed by atoms with Crippen LogP contribution in [0.5, 0.6) is 5.88 Å². The highest BCUT2D eigenvalue weighted by molar-refractivity contribution is 7.88. The Morgan fingerprint density at radius 1 is 1.11 bits per heavy atom. The van der Waals surface area contributed by atoms with E-state index in [1.807, 2.05) is 11.0 Å². The molecular formula is C26H31N5O5S. The van der Waals surface area contributed by atoms with Crippen molar-refractivity contribution in [1.29, 1.82) is 0 Å². The van der Waals surface area contributed by atoms with E-state index in [0.717, 1.165) is 31.5 Å². The maximum Gasteiger partial charge on any atom is 0.242 e. The van der Waals surface area contributed by atoms with Gasteiger partial charge in [-0.3, -0.25) is 9.78 Å². The first-order valence-electron chi connectivity index (χ1n) is 12.4. The van der Waals surface area contributed by atoms with Gasteiger partial charge in [0.1, 0.15) is 12.7 Å². The number of sulfonamides is 1. The lowest BCUT2D eigenvalue weighted by molar-refractivity contribution is -0.129. The highest BCUT2D eigenvalue weighted by Gasteiger charge is 2.27. The van der Waals surface area contributed by atoms with E-state index in [9.17, 15) is 13.2 Å². The van der Waals surface area contributed by atoms with Crippen molar-refractivity contribution in [1.82, 2.24) is 24.2 Å². The van der Waals surface area contributed by atoms with Crippen LogP contribution < -0.4 is 4.74 Å². The van der Waals surface area contributed by atoms with Gasteiger partial charge < -0.3 is 14.4 Å². The second-order valence-corrected chi connectivity index (χ2v) is 11.5. The molecule has 0 saturated carbocycles. The van der Waals surface area contributed by atoms with E-state index in [-0.39, 0.29) is 19.1 Å². The van der Waals surface area contributed by atoms with Crippen molar-refractivity contribution in [3.05, 3.63) is 48.3 Å². The Labute approximate surface area is 216 Å². The molecule has 5 rings (SSSR count). The summed E-state index contributed by atoms with van der Waals surface area (Å²) >= 11 is 0. The van der Waals surface area contributed by atoms with Gasteiger partial charge in [-0.25, -0.2) is 18.4 Å². The number of carbonyl (C=O) groups excluding carboxylic acids is 1. The summed E-state index contributed by atoms with van der Waals surface area (Å²) in [5, 5.41) is 0. The van der Waals surface area contributed by atoms with Gasteiger partial charge in [0.15, 0.2) is 5.52 Å². The van der Waals surface area contributed by atoms with Crippen molar-refractivity contribution < 1.29 is 22.7 Å². The monoisotopic (exact) mass is 525 g/mol. The smallest absolute Gasteiger partial charge is 0.242 e. The topological polar surface area (TPSA) is 115 Å². The number of hydrogen-bond acceptors (Lipinski definition) is 8. The normalized spacial score (nSPS) is 19.7. The van der Waals surface area contributed by atoms with Gasteiger partial charge in [0.25, 0.3) is 0 Å². The van der Waals surface area contributed by atoms with Gasteiger partial charge in [0.05, 0.1) is 24.1 Å². The molecule has 2 aliphatic rings. The first-order chi connectivity index (χ1) is 17.8. The van der Waals surface area contributed by atoms with Crippen molar-refractivity contribution in [3.8, 4) is 17.1 Å². The molecule has 0 N–H and O–H groups in total. The average molecular weight is 526 g/mol. The number of amides is 1. The van der Waals surface area contributed by atoms with Gasteiger partial charge in [-0.1, -0.05) is 24.3 Å². The van der Waals surface area contributed by atoms with E-state index in [0.29, 0.717) is 41.7 Å². The third-order valence-electron chi connectivity index (χ3n) is 7.02. The summed E-state index contributed by atoms with van der Waals surface area (Å²) in [5.74, 6) is 0.905. The third kappa shape index (κ3) is 5.89. The fraction of sp³-hybridized carbons (Fsp3) is 0.462. The Kier molecular flexibility index (Phi) is 7.36. The van der Waals surface area contributed by atoms with Gasteiger partial charge in [-0.05, 0) is 30.4 Å². The minimum atomic E-state index is -3.30. The molecule has 0 radical (unpaired) electrons. The molecule has 1 aromatic carbocycles. The third-order valence-corrected chi connectivity index (χ3v) is 8.29. The number of likely N-dealkylation sites (tertiary alicyclic amines) is 1. The quantitative estimate of drug-likeness (QED) is 0.482. The van der Waals surface area contributed by atoms with Crippen LogP contribution in [0.3, 0.4) is 0 Å². The Morgan fingerprint density at radius 3 is 2.54 bits per heavy atom. The van der Waals surface area contributed by atoms with Crippen LogP contribution in [-0.4, -0.2) is 90.2 Å². The van der Waals surface area contributed by atoms with Crippen LogP contribution in [0.4, 0.5) is 0 Å². The molecule has 10 nitrogen and oxygen atoms in total. The summed E-state index contributed by atoms with van der Waals surface area (Å²) in [4.78, 5) is 27.1. The lowest BCUT2D eigenvalue weighted by atomic mass is 9.89. The molecule has 2 saturated heterocycles. The number of pyridine rings is 1. The molecule has 2 fully saturated rings. The number of fused-ring (bicyclic) bond motifs is 1. The van der Waals surface area contributed by atoms with E-state index >= 15 is 0 Å². The van der Waals surface area contributed by atoms with Gasteiger partial charge in [-0.15, -0.1) is 0 Å². The lowest BCUT2D eigenvalue weighted by Crippen LogP contribution is -2.47. The highest BCUT2D eigenvalue weighted by atomic mass is 32.2. The molecule has 2 aromatic heterocycles. The summed E-state index contributed by atoms with van der Waals surface area (Å²) in [6, 6.07) is 10.2. The van der Waals surface area contributed by atoms with Crippen LogP contribution >= 0.6 is 0 Å². The van der Waals surface area contributed by atoms with E-state index in [4.69, 9.17) is 14.5 Å². The first-order valence-corrected chi connectivity index (χ1v) is 14.3. The van der Waals surface area contributed by atoms with E-state index in [1.54, 1.807) is 19.3 Å². The zero-order chi connectivity index (χ0) is 26.0. The van der Waals surface area contributed by atoms with Crippen molar-refractivity contribution in [2.75, 3.05) is 45.6 Å². The number of benzene rings is 1. The van der Waals surface area contributed by atoms with Crippen molar-refractivity contribution in [2.24, 2.45) is 0 Å². The second kappa shape index (κ2) is 10.7. The molecular weight excluding hydrogens is 494 g/mol. The van der Waals surface area contributed by atoms with Crippen LogP contribution in [0.1, 0.15) is 31.2 Å². The number of rotatable bonds is 6. The fourth-order valence-electron chi connectivity index (χ4n) is 4.91. The van der Waals surface area contributed by atoms with Crippen LogP contribution in [0.2, 0.25) is 0 Å². The van der Waals surface area contributed by atoms with Crippen LogP contribution in [0.25, 0.3) is 22.3 Å². The SMILES string of the molecule is CC(=O)N1CCC(c2ccc(-c3cc4nccnc4c(OC[C@@H]4CN(S(C)(=O)=O)CCO4)n3)cc2)CC1. The minimum Gasteiger partial charge on any atom is -0.473 e. The Hall–Kier alpha value is -3.15. The standard InChI is InChI=1S/C26H31N5O5S/c1-18(32)30-11-7-20(8-12-30)19-3-5-21(6-4-19)23-15-24-25(28-10-9-27-24)26(29-23)36-17-22-16-31(13-14-35-22)37(2,33)34/h3-6,9-10,15,20,22H,7-8,11-14,16-17H2,1-2H3/t22-/m0/s1. The predicted octanol–water partition coefficient (Wildman–Crippen LogP) is 2.46. The lowest BCUT2D eigenvalue weighted by Gasteiger charge is -2.31. The molecule has 2 aliphatic heterocycles. The maximum absolute atomic E-state index is 11.9. The summed E-state index contributed by atoms with van der Waals surface area (Å²) in [7, 11) is -3.30. The molecule has 3 aromatic rings. The van der Waals surface area contributed by atoms with Crippen LogP contribution in [0, 0.1) is 0 Å². The average Bonchev–Trinajstić information content (AvgIpc) is 2.91. The molecule has 0 aliphatic carbocycles. The van der Waals surface area contributed by atoms with Crippen molar-refractivity contribution in [3.63, 3.8) is 0 Å². The second-order valence-electron chi connectivity index (χ2n) is 9.56. The summed E-state index contributed by atoms with van der Waals surface area (Å²) in [5.41, 5.74) is 4.10. The number of hydrogen-bond donors (Lipinski definition) is 0. The minimum absolute atomic E-state index is 0.139. The van der Waals surface area contributed by atoms with Gasteiger partial charge in [0.2, 0.25) is 21.8 Å². The summed E-state index contributed by atoms with van der Waals surface area (Å²) < 4.78 is 37.0. The zero-order valence-corrected chi connectivity index (χ0v) is 21.9. The first kappa shape index (κ1) is 25.5. The number of carbonyl (C=O) groups is 1. The van der Waals surface area contributed by atoms with Crippen LogP contribution in [0.15, 0.2) is 42.7 Å². The largest absolute Gasteiger partial charge is 0.473 e. The van der Waals surface area contributed by atoms with Crippen molar-refractivity contribution in [2.45, 2.75) is 31.8 Å².